The molecule has 82 valence electrons. The number of carboxylic acids is 1. The zero-order chi connectivity index (χ0) is 11.4. The van der Waals surface area contributed by atoms with Crippen molar-refractivity contribution in [1.82, 2.24) is 4.90 Å². The average molecular weight is 211 g/mol. The Kier molecular flexibility index (Phi) is 3.69. The predicted molar refractivity (Wildman–Crippen MR) is 52.0 cm³/mol. The molecule has 1 fully saturated rings. The van der Waals surface area contributed by atoms with Crippen LogP contribution in [0.15, 0.2) is 0 Å². The van der Waals surface area contributed by atoms with E-state index < -0.39 is 23.8 Å². The van der Waals surface area contributed by atoms with Gasteiger partial charge in [0.1, 0.15) is 5.92 Å². The molecule has 0 bridgehead atoms. The third kappa shape index (κ3) is 2.28. The lowest BCUT2D eigenvalue weighted by atomic mass is 10.0. The van der Waals surface area contributed by atoms with E-state index in [0.29, 0.717) is 6.54 Å². The van der Waals surface area contributed by atoms with Crippen LogP contribution in [0.1, 0.15) is 6.92 Å². The van der Waals surface area contributed by atoms with E-state index in [1.165, 1.54) is 4.90 Å². The van der Waals surface area contributed by atoms with Crippen LogP contribution in [0.2, 0.25) is 0 Å². The van der Waals surface area contributed by atoms with Gasteiger partial charge in [-0.3, -0.25) is 9.59 Å². The van der Waals surface area contributed by atoms with Crippen molar-refractivity contribution < 1.29 is 19.4 Å². The second-order valence-electron chi connectivity index (χ2n) is 3.29. The van der Waals surface area contributed by atoms with Crippen molar-refractivity contribution in [2.75, 3.05) is 19.8 Å². The smallest absolute Gasteiger partial charge is 0.311 e. The van der Waals surface area contributed by atoms with Gasteiger partial charge in [0.05, 0.1) is 19.3 Å². The summed E-state index contributed by atoms with van der Waals surface area (Å²) in [4.78, 5) is 23.6. The second-order valence-corrected chi connectivity index (χ2v) is 3.29. The van der Waals surface area contributed by atoms with Gasteiger partial charge in [-0.2, -0.15) is 0 Å². The second kappa shape index (κ2) is 4.80. The van der Waals surface area contributed by atoms with Crippen LogP contribution in [0.5, 0.6) is 0 Å². The highest BCUT2D eigenvalue weighted by Crippen LogP contribution is 2.19. The van der Waals surface area contributed by atoms with Gasteiger partial charge in [0.15, 0.2) is 0 Å². The highest BCUT2D eigenvalue weighted by molar-refractivity contribution is 5.93. The maximum atomic E-state index is 11.3. The Morgan fingerprint density at radius 1 is 1.60 bits per heavy atom. The number of amides is 1. The van der Waals surface area contributed by atoms with Gasteiger partial charge in [-0.25, -0.2) is 0 Å². The van der Waals surface area contributed by atoms with E-state index in [1.807, 2.05) is 5.92 Å². The van der Waals surface area contributed by atoms with Crippen molar-refractivity contribution in [3.8, 4) is 12.3 Å². The first-order valence-electron chi connectivity index (χ1n) is 4.69. The fourth-order valence-corrected chi connectivity index (χ4v) is 1.70. The summed E-state index contributed by atoms with van der Waals surface area (Å²) in [5.74, 6) is -0.132. The van der Waals surface area contributed by atoms with Gasteiger partial charge < -0.3 is 14.7 Å². The van der Waals surface area contributed by atoms with E-state index >= 15 is 0 Å². The van der Waals surface area contributed by atoms with Crippen LogP contribution in [-0.4, -0.2) is 47.7 Å². The number of carboxylic acid groups (broad SMARTS) is 1. The number of hydrogen-bond acceptors (Lipinski definition) is 3. The van der Waals surface area contributed by atoms with Crippen LogP contribution < -0.4 is 0 Å². The molecule has 0 aliphatic carbocycles. The minimum Gasteiger partial charge on any atom is -0.481 e. The largest absolute Gasteiger partial charge is 0.481 e. The van der Waals surface area contributed by atoms with E-state index in [4.69, 9.17) is 16.3 Å². The topological polar surface area (TPSA) is 66.8 Å². The van der Waals surface area contributed by atoms with E-state index in [1.54, 1.807) is 6.92 Å². The molecule has 1 heterocycles. The van der Waals surface area contributed by atoms with Gasteiger partial charge in [0.2, 0.25) is 0 Å². The molecular formula is C10H13NO4. The van der Waals surface area contributed by atoms with Gasteiger partial charge in [-0.05, 0) is 12.8 Å². The Labute approximate surface area is 88.0 Å². The van der Waals surface area contributed by atoms with Crippen LogP contribution in [0, 0.1) is 18.3 Å². The Hall–Kier alpha value is -1.54. The molecule has 2 unspecified atom stereocenters. The molecule has 2 atom stereocenters. The first-order valence-corrected chi connectivity index (χ1v) is 4.69. The number of terminal acetylenes is 1. The zero-order valence-electron chi connectivity index (χ0n) is 8.47. The molecule has 1 aliphatic heterocycles. The van der Waals surface area contributed by atoms with Crippen LogP contribution in [0.3, 0.4) is 0 Å². The third-order valence-electron chi connectivity index (χ3n) is 2.49. The lowest BCUT2D eigenvalue weighted by molar-refractivity contribution is -0.144. The number of aliphatic carboxylic acids is 1. The van der Waals surface area contributed by atoms with Gasteiger partial charge in [-0.15, -0.1) is 6.42 Å². The van der Waals surface area contributed by atoms with Crippen LogP contribution in [-0.2, 0) is 14.3 Å². The summed E-state index contributed by atoms with van der Waals surface area (Å²) in [6.07, 6.45) is 5.01. The Bertz CT molecular complexity index is 307. The molecule has 5 heteroatoms. The molecule has 0 aromatic rings. The van der Waals surface area contributed by atoms with Gasteiger partial charge in [0.25, 0.3) is 5.91 Å². The Morgan fingerprint density at radius 2 is 2.27 bits per heavy atom. The number of ether oxygens (including phenoxy) is 1. The average Bonchev–Trinajstić information content (AvgIpc) is 2.67. The van der Waals surface area contributed by atoms with Gasteiger partial charge >= 0.3 is 5.97 Å². The first kappa shape index (κ1) is 11.5. The van der Waals surface area contributed by atoms with Crippen LogP contribution in [0.25, 0.3) is 0 Å². The molecule has 0 saturated carbocycles. The minimum absolute atomic E-state index is 0.133. The van der Waals surface area contributed by atoms with E-state index in [-0.39, 0.29) is 13.2 Å². The molecule has 1 amide bonds. The van der Waals surface area contributed by atoms with Crippen molar-refractivity contribution in [3.63, 3.8) is 0 Å². The van der Waals surface area contributed by atoms with E-state index in [0.717, 1.165) is 0 Å². The van der Waals surface area contributed by atoms with Crippen molar-refractivity contribution in [2.24, 2.45) is 5.92 Å². The fourth-order valence-electron chi connectivity index (χ4n) is 1.70. The first-order chi connectivity index (χ1) is 7.11. The lowest BCUT2D eigenvalue weighted by Gasteiger charge is -2.27. The molecule has 1 rings (SSSR count). The number of carbonyl (C=O) groups is 2. The highest BCUT2D eigenvalue weighted by Gasteiger charge is 2.39. The maximum Gasteiger partial charge on any atom is 0.311 e. The van der Waals surface area contributed by atoms with Crippen molar-refractivity contribution in [1.29, 1.82) is 0 Å². The van der Waals surface area contributed by atoms with E-state index in [9.17, 15) is 9.59 Å². The molecule has 1 saturated heterocycles. The number of rotatable bonds is 3. The zero-order valence-corrected chi connectivity index (χ0v) is 8.47. The van der Waals surface area contributed by atoms with Crippen molar-refractivity contribution in [2.45, 2.75) is 13.0 Å². The summed E-state index contributed by atoms with van der Waals surface area (Å²) in [6, 6.07) is -0.448. The number of hydrogen-bond donors (Lipinski definition) is 1. The Morgan fingerprint density at radius 3 is 2.73 bits per heavy atom. The standard InChI is InChI=1S/C10H13NO4/c1-3-9(12)11(4-2)8-6-15-5-7(8)10(13)14/h1,7-8H,4-6H2,2H3,(H,13,14). The summed E-state index contributed by atoms with van der Waals surface area (Å²) in [5, 5.41) is 8.91. The maximum absolute atomic E-state index is 11.3. The van der Waals surface area contributed by atoms with Crippen LogP contribution in [0.4, 0.5) is 0 Å². The molecule has 0 spiro atoms. The summed E-state index contributed by atoms with van der Waals surface area (Å²) >= 11 is 0. The number of likely N-dealkylation sites (N-methyl/N-ethyl adjacent to an activating group) is 1. The van der Waals surface area contributed by atoms with Gasteiger partial charge in [-0.1, -0.05) is 0 Å². The molecule has 1 aliphatic rings. The molecule has 0 aromatic heterocycles. The number of carbonyl (C=O) groups excluding carboxylic acids is 1. The summed E-state index contributed by atoms with van der Waals surface area (Å²) in [7, 11) is 0. The molecule has 5 nitrogen and oxygen atoms in total. The minimum atomic E-state index is -0.958. The highest BCUT2D eigenvalue weighted by atomic mass is 16.5. The molecule has 0 radical (unpaired) electrons. The summed E-state index contributed by atoms with van der Waals surface area (Å²) in [5.41, 5.74) is 0. The number of nitrogens with zero attached hydrogens (tertiary/aromatic N) is 1. The van der Waals surface area contributed by atoms with Crippen LogP contribution >= 0.6 is 0 Å². The third-order valence-corrected chi connectivity index (χ3v) is 2.49. The molecule has 15 heavy (non-hydrogen) atoms. The Balaban J connectivity index is 2.80. The van der Waals surface area contributed by atoms with Crippen molar-refractivity contribution in [3.05, 3.63) is 0 Å². The summed E-state index contributed by atoms with van der Waals surface area (Å²) in [6.45, 7) is 2.51. The normalized spacial score (nSPS) is 24.5. The predicted octanol–water partition coefficient (Wildman–Crippen LogP) is -0.432. The summed E-state index contributed by atoms with van der Waals surface area (Å²) < 4.78 is 5.07. The SMILES string of the molecule is C#CC(=O)N(CC)C1COCC1C(=O)O. The van der Waals surface area contributed by atoms with Gasteiger partial charge in [0, 0.05) is 6.54 Å². The van der Waals surface area contributed by atoms with E-state index in [2.05, 4.69) is 0 Å². The van der Waals surface area contributed by atoms with Crippen molar-refractivity contribution >= 4 is 11.9 Å². The fraction of sp³-hybridized carbons (Fsp3) is 0.600. The quantitative estimate of drug-likeness (QED) is 0.643. The molecule has 0 aromatic carbocycles. The monoisotopic (exact) mass is 211 g/mol. The molecular weight excluding hydrogens is 198 g/mol. The lowest BCUT2D eigenvalue weighted by Crippen LogP contribution is -2.45. The molecule has 1 N–H and O–H groups in total.